The van der Waals surface area contributed by atoms with Gasteiger partial charge in [0.15, 0.2) is 0 Å². The molecule has 76 valence electrons. The van der Waals surface area contributed by atoms with Crippen LogP contribution in [0.25, 0.3) is 0 Å². The van der Waals surface area contributed by atoms with Gasteiger partial charge in [-0.15, -0.1) is 0 Å². The molecule has 1 nitrogen and oxygen atoms in total. The fraction of sp³-hybridized carbons (Fsp3) is 0.917. The predicted molar refractivity (Wildman–Crippen MR) is 55.7 cm³/mol. The van der Waals surface area contributed by atoms with Crippen molar-refractivity contribution in [1.29, 1.82) is 0 Å². The van der Waals surface area contributed by atoms with Crippen LogP contribution in [-0.4, -0.2) is 5.78 Å². The van der Waals surface area contributed by atoms with E-state index >= 15 is 0 Å². The zero-order valence-electron chi connectivity index (χ0n) is 8.85. The lowest BCUT2D eigenvalue weighted by Gasteiger charge is -2.15. The van der Waals surface area contributed by atoms with Crippen LogP contribution in [0.4, 0.5) is 0 Å². The first kappa shape index (κ1) is 10.7. The number of ketones is 1. The minimum absolute atomic E-state index is 0.495. The van der Waals surface area contributed by atoms with Crippen LogP contribution >= 0.6 is 0 Å². The normalized spacial score (nSPS) is 23.0. The SMILES string of the molecule is CCC1CCCCC(=O)CCCC1. The molecule has 1 aliphatic rings. The van der Waals surface area contributed by atoms with E-state index in [1.54, 1.807) is 0 Å². The quantitative estimate of drug-likeness (QED) is 0.604. The van der Waals surface area contributed by atoms with Crippen LogP contribution in [0.5, 0.6) is 0 Å². The van der Waals surface area contributed by atoms with Crippen LogP contribution in [0.2, 0.25) is 0 Å². The molecular formula is C12H22O. The molecule has 0 amide bonds. The molecule has 0 aliphatic heterocycles. The summed E-state index contributed by atoms with van der Waals surface area (Å²) < 4.78 is 0. The highest BCUT2D eigenvalue weighted by Crippen LogP contribution is 2.22. The first-order valence-corrected chi connectivity index (χ1v) is 5.84. The van der Waals surface area contributed by atoms with E-state index in [1.165, 1.54) is 32.1 Å². The van der Waals surface area contributed by atoms with Gasteiger partial charge in [0.25, 0.3) is 0 Å². The Bertz CT molecular complexity index is 137. The number of hydrogen-bond donors (Lipinski definition) is 0. The van der Waals surface area contributed by atoms with E-state index in [1.807, 2.05) is 0 Å². The van der Waals surface area contributed by atoms with Crippen LogP contribution in [0.3, 0.4) is 0 Å². The van der Waals surface area contributed by atoms with E-state index < -0.39 is 0 Å². The zero-order valence-corrected chi connectivity index (χ0v) is 8.85. The lowest BCUT2D eigenvalue weighted by Crippen LogP contribution is -2.04. The summed E-state index contributed by atoms with van der Waals surface area (Å²) in [5.74, 6) is 1.43. The first-order valence-electron chi connectivity index (χ1n) is 5.84. The lowest BCUT2D eigenvalue weighted by molar-refractivity contribution is -0.119. The molecule has 1 aliphatic carbocycles. The standard InChI is InChI=1S/C12H22O/c1-2-11-7-3-5-9-12(13)10-6-4-8-11/h11H,2-10H2,1H3. The first-order chi connectivity index (χ1) is 6.33. The average Bonchev–Trinajstić information content (AvgIpc) is 2.16. The van der Waals surface area contributed by atoms with Gasteiger partial charge in [-0.2, -0.15) is 0 Å². The second kappa shape index (κ2) is 6.17. The lowest BCUT2D eigenvalue weighted by atomic mass is 9.90. The molecule has 0 aromatic rings. The monoisotopic (exact) mass is 182 g/mol. The topological polar surface area (TPSA) is 17.1 Å². The maximum atomic E-state index is 11.3. The molecule has 1 saturated carbocycles. The highest BCUT2D eigenvalue weighted by molar-refractivity contribution is 5.78. The van der Waals surface area contributed by atoms with E-state index in [0.29, 0.717) is 5.78 Å². The summed E-state index contributed by atoms with van der Waals surface area (Å²) in [5, 5.41) is 0. The van der Waals surface area contributed by atoms with Crippen molar-refractivity contribution in [2.75, 3.05) is 0 Å². The van der Waals surface area contributed by atoms with Crippen LogP contribution in [-0.2, 0) is 4.79 Å². The van der Waals surface area contributed by atoms with Crippen LogP contribution < -0.4 is 0 Å². The van der Waals surface area contributed by atoms with Gasteiger partial charge in [0.1, 0.15) is 5.78 Å². The molecule has 0 aromatic carbocycles. The van der Waals surface area contributed by atoms with Gasteiger partial charge in [-0.25, -0.2) is 0 Å². The van der Waals surface area contributed by atoms with Crippen molar-refractivity contribution in [1.82, 2.24) is 0 Å². The van der Waals surface area contributed by atoms with Crippen molar-refractivity contribution < 1.29 is 4.79 Å². The summed E-state index contributed by atoms with van der Waals surface area (Å²) in [7, 11) is 0. The summed E-state index contributed by atoms with van der Waals surface area (Å²) in [4.78, 5) is 11.3. The van der Waals surface area contributed by atoms with E-state index in [-0.39, 0.29) is 0 Å². The molecule has 0 saturated heterocycles. The van der Waals surface area contributed by atoms with Crippen LogP contribution in [0.15, 0.2) is 0 Å². The van der Waals surface area contributed by atoms with Crippen LogP contribution in [0.1, 0.15) is 64.7 Å². The van der Waals surface area contributed by atoms with Crippen molar-refractivity contribution in [3.05, 3.63) is 0 Å². The van der Waals surface area contributed by atoms with Crippen molar-refractivity contribution >= 4 is 5.78 Å². The van der Waals surface area contributed by atoms with Gasteiger partial charge in [0.2, 0.25) is 0 Å². The fourth-order valence-corrected chi connectivity index (χ4v) is 2.19. The molecule has 1 fully saturated rings. The third-order valence-electron chi connectivity index (χ3n) is 3.21. The Morgan fingerprint density at radius 3 is 2.08 bits per heavy atom. The minimum atomic E-state index is 0.495. The average molecular weight is 182 g/mol. The Morgan fingerprint density at radius 2 is 1.62 bits per heavy atom. The largest absolute Gasteiger partial charge is 0.300 e. The molecule has 0 radical (unpaired) electrons. The Morgan fingerprint density at radius 1 is 1.08 bits per heavy atom. The maximum Gasteiger partial charge on any atom is 0.132 e. The molecule has 0 atom stereocenters. The number of carbonyl (C=O) groups excluding carboxylic acids is 1. The van der Waals surface area contributed by atoms with Crippen molar-refractivity contribution in [2.24, 2.45) is 5.92 Å². The smallest absolute Gasteiger partial charge is 0.132 e. The van der Waals surface area contributed by atoms with Crippen LogP contribution in [0, 0.1) is 5.92 Å². The third-order valence-corrected chi connectivity index (χ3v) is 3.21. The summed E-state index contributed by atoms with van der Waals surface area (Å²) in [6.07, 6.45) is 10.5. The van der Waals surface area contributed by atoms with Gasteiger partial charge in [-0.1, -0.05) is 39.0 Å². The molecule has 0 unspecified atom stereocenters. The fourth-order valence-electron chi connectivity index (χ4n) is 2.19. The highest BCUT2D eigenvalue weighted by atomic mass is 16.1. The number of hydrogen-bond acceptors (Lipinski definition) is 1. The molecule has 0 bridgehead atoms. The van der Waals surface area contributed by atoms with Gasteiger partial charge in [0.05, 0.1) is 0 Å². The molecule has 0 N–H and O–H groups in total. The number of rotatable bonds is 1. The second-order valence-corrected chi connectivity index (χ2v) is 4.30. The van der Waals surface area contributed by atoms with Gasteiger partial charge in [-0.05, 0) is 18.8 Å². The molecule has 0 spiro atoms. The molecular weight excluding hydrogens is 160 g/mol. The van der Waals surface area contributed by atoms with E-state index in [0.717, 1.165) is 31.6 Å². The molecule has 1 rings (SSSR count). The van der Waals surface area contributed by atoms with Crippen molar-refractivity contribution in [2.45, 2.75) is 64.7 Å². The van der Waals surface area contributed by atoms with Gasteiger partial charge >= 0.3 is 0 Å². The summed E-state index contributed by atoms with van der Waals surface area (Å²) in [5.41, 5.74) is 0. The molecule has 0 aromatic heterocycles. The third kappa shape index (κ3) is 4.44. The van der Waals surface area contributed by atoms with E-state index in [2.05, 4.69) is 6.92 Å². The second-order valence-electron chi connectivity index (χ2n) is 4.30. The Hall–Kier alpha value is -0.330. The molecule has 0 heterocycles. The van der Waals surface area contributed by atoms with Crippen molar-refractivity contribution in [3.8, 4) is 0 Å². The predicted octanol–water partition coefficient (Wildman–Crippen LogP) is 3.72. The zero-order chi connectivity index (χ0) is 9.52. The molecule has 1 heteroatoms. The van der Waals surface area contributed by atoms with E-state index in [9.17, 15) is 4.79 Å². The number of carbonyl (C=O) groups is 1. The Kier molecular flexibility index (Phi) is 5.10. The number of Topliss-reactive ketones (excluding diaryl/α,β-unsaturated/α-hetero) is 1. The highest BCUT2D eigenvalue weighted by Gasteiger charge is 2.10. The van der Waals surface area contributed by atoms with Gasteiger partial charge < -0.3 is 0 Å². The summed E-state index contributed by atoms with van der Waals surface area (Å²) in [6.45, 7) is 2.29. The summed E-state index contributed by atoms with van der Waals surface area (Å²) in [6, 6.07) is 0. The van der Waals surface area contributed by atoms with Crippen molar-refractivity contribution in [3.63, 3.8) is 0 Å². The molecule has 13 heavy (non-hydrogen) atoms. The maximum absolute atomic E-state index is 11.3. The Labute approximate surface area is 81.9 Å². The summed E-state index contributed by atoms with van der Waals surface area (Å²) >= 11 is 0. The van der Waals surface area contributed by atoms with Gasteiger partial charge in [-0.3, -0.25) is 4.79 Å². The minimum Gasteiger partial charge on any atom is -0.300 e. The van der Waals surface area contributed by atoms with E-state index in [4.69, 9.17) is 0 Å². The van der Waals surface area contributed by atoms with Gasteiger partial charge in [0, 0.05) is 12.8 Å². The Balaban J connectivity index is 2.28.